The van der Waals surface area contributed by atoms with Crippen molar-refractivity contribution in [2.24, 2.45) is 0 Å². The van der Waals surface area contributed by atoms with Crippen molar-refractivity contribution in [3.8, 4) is 0 Å². The number of Topliss-reactive ketones (excluding diaryl/α,β-unsaturated/α-hetero) is 1. The molecule has 1 heterocycles. The van der Waals surface area contributed by atoms with Gasteiger partial charge in [0.1, 0.15) is 5.69 Å². The summed E-state index contributed by atoms with van der Waals surface area (Å²) in [6, 6.07) is 0. The van der Waals surface area contributed by atoms with E-state index < -0.39 is 0 Å². The standard InChI is InChI=1S/C12H17NOS/c1-8(14)11-12(15-9(2)13-11)10-6-4-3-5-7-10/h10H,3-7H2,1-2H3. The molecule has 1 fully saturated rings. The number of ketones is 1. The predicted octanol–water partition coefficient (Wildman–Crippen LogP) is 3.70. The highest BCUT2D eigenvalue weighted by Crippen LogP contribution is 2.37. The van der Waals surface area contributed by atoms with Gasteiger partial charge in [0.2, 0.25) is 0 Å². The summed E-state index contributed by atoms with van der Waals surface area (Å²) in [5, 5.41) is 1.03. The third-order valence-electron chi connectivity index (χ3n) is 3.07. The molecule has 15 heavy (non-hydrogen) atoms. The molecule has 0 atom stereocenters. The maximum atomic E-state index is 11.5. The normalized spacial score (nSPS) is 18.0. The monoisotopic (exact) mass is 223 g/mol. The summed E-state index contributed by atoms with van der Waals surface area (Å²) >= 11 is 1.72. The fraction of sp³-hybridized carbons (Fsp3) is 0.667. The van der Waals surface area contributed by atoms with E-state index in [0.717, 1.165) is 10.7 Å². The van der Waals surface area contributed by atoms with E-state index in [2.05, 4.69) is 4.98 Å². The van der Waals surface area contributed by atoms with E-state index in [9.17, 15) is 4.79 Å². The largest absolute Gasteiger partial charge is 0.293 e. The number of hydrogen-bond donors (Lipinski definition) is 0. The van der Waals surface area contributed by atoms with E-state index in [4.69, 9.17) is 0 Å². The van der Waals surface area contributed by atoms with Crippen molar-refractivity contribution in [3.63, 3.8) is 0 Å². The first-order valence-corrected chi connectivity index (χ1v) is 6.48. The lowest BCUT2D eigenvalue weighted by Crippen LogP contribution is -2.07. The Bertz CT molecular complexity index is 364. The lowest BCUT2D eigenvalue weighted by atomic mass is 9.87. The minimum atomic E-state index is 0.125. The lowest BCUT2D eigenvalue weighted by molar-refractivity contribution is 0.101. The van der Waals surface area contributed by atoms with Crippen LogP contribution in [0.5, 0.6) is 0 Å². The lowest BCUT2D eigenvalue weighted by Gasteiger charge is -2.20. The third-order valence-corrected chi connectivity index (χ3v) is 4.20. The van der Waals surface area contributed by atoms with Gasteiger partial charge in [0.05, 0.1) is 5.01 Å². The van der Waals surface area contributed by atoms with Gasteiger partial charge in [0.25, 0.3) is 0 Å². The van der Waals surface area contributed by atoms with E-state index in [1.165, 1.54) is 37.0 Å². The number of hydrogen-bond acceptors (Lipinski definition) is 3. The molecule has 0 bridgehead atoms. The van der Waals surface area contributed by atoms with Gasteiger partial charge < -0.3 is 0 Å². The Balaban J connectivity index is 2.28. The fourth-order valence-electron chi connectivity index (χ4n) is 2.34. The Hall–Kier alpha value is -0.700. The molecule has 0 aromatic carbocycles. The summed E-state index contributed by atoms with van der Waals surface area (Å²) in [7, 11) is 0. The molecule has 1 aromatic heterocycles. The Morgan fingerprint density at radius 1 is 1.33 bits per heavy atom. The van der Waals surface area contributed by atoms with Gasteiger partial charge in [-0.2, -0.15) is 0 Å². The van der Waals surface area contributed by atoms with E-state index >= 15 is 0 Å². The van der Waals surface area contributed by atoms with Gasteiger partial charge >= 0.3 is 0 Å². The molecule has 0 amide bonds. The van der Waals surface area contributed by atoms with Gasteiger partial charge in [-0.05, 0) is 25.7 Å². The molecule has 0 spiro atoms. The zero-order chi connectivity index (χ0) is 10.8. The first kappa shape index (κ1) is 10.8. The molecule has 1 saturated carbocycles. The number of carbonyl (C=O) groups excluding carboxylic acids is 1. The second-order valence-corrected chi connectivity index (χ2v) is 5.57. The molecule has 0 N–H and O–H groups in total. The van der Waals surface area contributed by atoms with E-state index in [1.54, 1.807) is 18.3 Å². The van der Waals surface area contributed by atoms with Crippen molar-refractivity contribution >= 4 is 17.1 Å². The summed E-state index contributed by atoms with van der Waals surface area (Å²) in [4.78, 5) is 17.1. The molecule has 82 valence electrons. The van der Waals surface area contributed by atoms with Crippen LogP contribution in [-0.4, -0.2) is 10.8 Å². The molecule has 0 unspecified atom stereocenters. The van der Waals surface area contributed by atoms with Gasteiger partial charge in [0.15, 0.2) is 5.78 Å². The van der Waals surface area contributed by atoms with Crippen molar-refractivity contribution in [2.45, 2.75) is 51.9 Å². The number of carbonyl (C=O) groups is 1. The topological polar surface area (TPSA) is 30.0 Å². The smallest absolute Gasteiger partial charge is 0.179 e. The number of aromatic nitrogens is 1. The highest BCUT2D eigenvalue weighted by atomic mass is 32.1. The average Bonchev–Trinajstić information content (AvgIpc) is 2.62. The molecule has 3 heteroatoms. The van der Waals surface area contributed by atoms with Crippen LogP contribution in [0.3, 0.4) is 0 Å². The first-order chi connectivity index (χ1) is 7.18. The molecular formula is C12H17NOS. The molecule has 1 aliphatic carbocycles. The van der Waals surface area contributed by atoms with Crippen LogP contribution in [0.25, 0.3) is 0 Å². The SMILES string of the molecule is CC(=O)c1nc(C)sc1C1CCCCC1. The highest BCUT2D eigenvalue weighted by Gasteiger charge is 2.23. The summed E-state index contributed by atoms with van der Waals surface area (Å²) < 4.78 is 0. The number of nitrogens with zero attached hydrogens (tertiary/aromatic N) is 1. The maximum Gasteiger partial charge on any atom is 0.179 e. The van der Waals surface area contributed by atoms with Crippen LogP contribution in [0.1, 0.15) is 65.3 Å². The van der Waals surface area contributed by atoms with Crippen LogP contribution in [-0.2, 0) is 0 Å². The summed E-state index contributed by atoms with van der Waals surface area (Å²) in [5.74, 6) is 0.726. The van der Waals surface area contributed by atoms with Gasteiger partial charge in [-0.1, -0.05) is 19.3 Å². The molecule has 0 aliphatic heterocycles. The number of aryl methyl sites for hydroxylation is 1. The van der Waals surface area contributed by atoms with Crippen LogP contribution in [0.15, 0.2) is 0 Å². The second kappa shape index (κ2) is 4.44. The molecule has 0 radical (unpaired) electrons. The van der Waals surface area contributed by atoms with Crippen molar-refractivity contribution in [3.05, 3.63) is 15.6 Å². The van der Waals surface area contributed by atoms with Crippen LogP contribution >= 0.6 is 11.3 Å². The second-order valence-electron chi connectivity index (χ2n) is 4.34. The van der Waals surface area contributed by atoms with Crippen LogP contribution < -0.4 is 0 Å². The maximum absolute atomic E-state index is 11.5. The average molecular weight is 223 g/mol. The highest BCUT2D eigenvalue weighted by molar-refractivity contribution is 7.12. The minimum Gasteiger partial charge on any atom is -0.293 e. The number of thiazole rings is 1. The zero-order valence-corrected chi connectivity index (χ0v) is 10.2. The summed E-state index contributed by atoms with van der Waals surface area (Å²) in [5.41, 5.74) is 0.740. The first-order valence-electron chi connectivity index (χ1n) is 5.66. The van der Waals surface area contributed by atoms with Crippen molar-refractivity contribution < 1.29 is 4.79 Å². The summed E-state index contributed by atoms with van der Waals surface area (Å²) in [6.07, 6.45) is 6.44. The Morgan fingerprint density at radius 3 is 2.60 bits per heavy atom. The molecule has 0 saturated heterocycles. The molecule has 2 nitrogen and oxygen atoms in total. The Kier molecular flexibility index (Phi) is 3.19. The fourth-order valence-corrected chi connectivity index (χ4v) is 3.48. The predicted molar refractivity (Wildman–Crippen MR) is 62.7 cm³/mol. The van der Waals surface area contributed by atoms with Crippen LogP contribution in [0.4, 0.5) is 0 Å². The van der Waals surface area contributed by atoms with Crippen molar-refractivity contribution in [1.29, 1.82) is 0 Å². The molecule has 2 rings (SSSR count). The van der Waals surface area contributed by atoms with Crippen LogP contribution in [0, 0.1) is 6.92 Å². The molecular weight excluding hydrogens is 206 g/mol. The van der Waals surface area contributed by atoms with E-state index in [-0.39, 0.29) is 5.78 Å². The molecule has 1 aliphatic rings. The molecule has 1 aromatic rings. The van der Waals surface area contributed by atoms with Gasteiger partial charge in [0, 0.05) is 11.8 Å². The van der Waals surface area contributed by atoms with Gasteiger partial charge in [-0.15, -0.1) is 11.3 Å². The summed E-state index contributed by atoms with van der Waals surface area (Å²) in [6.45, 7) is 3.62. The van der Waals surface area contributed by atoms with E-state index in [0.29, 0.717) is 5.92 Å². The van der Waals surface area contributed by atoms with Crippen molar-refractivity contribution in [1.82, 2.24) is 4.98 Å². The van der Waals surface area contributed by atoms with E-state index in [1.807, 2.05) is 6.92 Å². The van der Waals surface area contributed by atoms with Crippen molar-refractivity contribution in [2.75, 3.05) is 0 Å². The van der Waals surface area contributed by atoms with Gasteiger partial charge in [-0.25, -0.2) is 4.98 Å². The Morgan fingerprint density at radius 2 is 2.00 bits per heavy atom. The Labute approximate surface area is 94.7 Å². The third kappa shape index (κ3) is 2.28. The van der Waals surface area contributed by atoms with Gasteiger partial charge in [-0.3, -0.25) is 4.79 Å². The van der Waals surface area contributed by atoms with Crippen LogP contribution in [0.2, 0.25) is 0 Å². The number of rotatable bonds is 2. The quantitative estimate of drug-likeness (QED) is 0.715. The zero-order valence-electron chi connectivity index (χ0n) is 9.38. The minimum absolute atomic E-state index is 0.125.